The third-order valence-corrected chi connectivity index (χ3v) is 2.67. The third kappa shape index (κ3) is 1.39. The normalized spacial score (nSPS) is 17.9. The van der Waals surface area contributed by atoms with E-state index in [9.17, 15) is 4.79 Å². The van der Waals surface area contributed by atoms with Crippen LogP contribution < -0.4 is 4.74 Å². The second-order valence-corrected chi connectivity index (χ2v) is 3.72. The molecule has 0 radical (unpaired) electrons. The molecular weight excluding hydrogens is 204 g/mol. The van der Waals surface area contributed by atoms with Gasteiger partial charge in [-0.15, -0.1) is 0 Å². The van der Waals surface area contributed by atoms with Gasteiger partial charge >= 0.3 is 0 Å². The molecule has 2 heterocycles. The molecule has 0 fully saturated rings. The van der Waals surface area contributed by atoms with Crippen LogP contribution in [-0.4, -0.2) is 21.9 Å². The molecule has 0 saturated heterocycles. The van der Waals surface area contributed by atoms with Crippen LogP contribution in [0.15, 0.2) is 36.7 Å². The lowest BCUT2D eigenvalue weighted by Gasteiger charge is -2.06. The van der Waals surface area contributed by atoms with Crippen molar-refractivity contribution in [2.75, 3.05) is 0 Å². The highest BCUT2D eigenvalue weighted by Gasteiger charge is 2.30. The number of para-hydroxylation sites is 1. The minimum absolute atomic E-state index is 0.0961. The van der Waals surface area contributed by atoms with Crippen LogP contribution in [0.4, 0.5) is 0 Å². The van der Waals surface area contributed by atoms with Crippen molar-refractivity contribution in [3.05, 3.63) is 48.0 Å². The summed E-state index contributed by atoms with van der Waals surface area (Å²) < 4.78 is 5.58. The van der Waals surface area contributed by atoms with Crippen molar-refractivity contribution in [1.29, 1.82) is 0 Å². The van der Waals surface area contributed by atoms with E-state index in [1.807, 2.05) is 24.3 Å². The standard InChI is InChI=1S/C12H10N2O2/c15-11(12-13-5-6-14-12)10-7-8-3-1-2-4-9(8)16-10/h1-6,10H,7H2,(H,13,14)/t10-/m1/s1. The molecule has 80 valence electrons. The fourth-order valence-electron chi connectivity index (χ4n) is 1.88. The van der Waals surface area contributed by atoms with Gasteiger partial charge in [-0.05, 0) is 11.6 Å². The number of rotatable bonds is 2. The number of aromatic amines is 1. The first-order valence-corrected chi connectivity index (χ1v) is 5.13. The minimum Gasteiger partial charge on any atom is -0.481 e. The lowest BCUT2D eigenvalue weighted by atomic mass is 10.1. The summed E-state index contributed by atoms with van der Waals surface area (Å²) >= 11 is 0. The monoisotopic (exact) mass is 214 g/mol. The Morgan fingerprint density at radius 3 is 3.06 bits per heavy atom. The van der Waals surface area contributed by atoms with Crippen molar-refractivity contribution in [2.45, 2.75) is 12.5 Å². The van der Waals surface area contributed by atoms with Crippen LogP contribution in [0.5, 0.6) is 5.75 Å². The van der Waals surface area contributed by atoms with Gasteiger partial charge in [0.25, 0.3) is 0 Å². The zero-order valence-electron chi connectivity index (χ0n) is 8.51. The molecule has 4 heteroatoms. The van der Waals surface area contributed by atoms with E-state index in [0.29, 0.717) is 12.2 Å². The fourth-order valence-corrected chi connectivity index (χ4v) is 1.88. The van der Waals surface area contributed by atoms with Gasteiger partial charge in [0.05, 0.1) is 0 Å². The first kappa shape index (κ1) is 9.15. The number of Topliss-reactive ketones (excluding diaryl/α,β-unsaturated/α-hetero) is 1. The van der Waals surface area contributed by atoms with Crippen LogP contribution in [0.2, 0.25) is 0 Å². The SMILES string of the molecule is O=C(c1ncc[nH]1)[C@H]1Cc2ccccc2O1. The van der Waals surface area contributed by atoms with E-state index in [0.717, 1.165) is 11.3 Å². The average molecular weight is 214 g/mol. The summed E-state index contributed by atoms with van der Waals surface area (Å²) in [6, 6.07) is 7.70. The number of imidazole rings is 1. The van der Waals surface area contributed by atoms with Crippen LogP contribution in [0.1, 0.15) is 16.2 Å². The van der Waals surface area contributed by atoms with E-state index in [1.165, 1.54) is 0 Å². The zero-order valence-corrected chi connectivity index (χ0v) is 8.51. The van der Waals surface area contributed by atoms with Crippen LogP contribution in [0.3, 0.4) is 0 Å². The van der Waals surface area contributed by atoms with E-state index in [2.05, 4.69) is 9.97 Å². The number of ketones is 1. The largest absolute Gasteiger partial charge is 0.481 e. The van der Waals surface area contributed by atoms with Crippen LogP contribution in [0.25, 0.3) is 0 Å². The molecule has 16 heavy (non-hydrogen) atoms. The van der Waals surface area contributed by atoms with E-state index in [4.69, 9.17) is 4.74 Å². The highest BCUT2D eigenvalue weighted by Crippen LogP contribution is 2.29. The maximum absolute atomic E-state index is 12.0. The van der Waals surface area contributed by atoms with Crippen LogP contribution in [0, 0.1) is 0 Å². The predicted molar refractivity (Wildman–Crippen MR) is 57.5 cm³/mol. The molecule has 1 aliphatic heterocycles. The van der Waals surface area contributed by atoms with Gasteiger partial charge in [-0.2, -0.15) is 0 Å². The molecule has 1 aromatic carbocycles. The number of hydrogen-bond donors (Lipinski definition) is 1. The van der Waals surface area contributed by atoms with Crippen LogP contribution in [-0.2, 0) is 6.42 Å². The Balaban J connectivity index is 1.84. The average Bonchev–Trinajstić information content (AvgIpc) is 2.97. The molecule has 1 aromatic heterocycles. The molecule has 3 rings (SSSR count). The van der Waals surface area contributed by atoms with Crippen molar-refractivity contribution >= 4 is 5.78 Å². The number of aromatic nitrogens is 2. The van der Waals surface area contributed by atoms with Crippen LogP contribution >= 0.6 is 0 Å². The Morgan fingerprint density at radius 1 is 1.44 bits per heavy atom. The first-order chi connectivity index (χ1) is 7.84. The highest BCUT2D eigenvalue weighted by atomic mass is 16.5. The van der Waals surface area contributed by atoms with E-state index < -0.39 is 6.10 Å². The molecule has 1 N–H and O–H groups in total. The Morgan fingerprint density at radius 2 is 2.31 bits per heavy atom. The summed E-state index contributed by atoms with van der Waals surface area (Å²) in [5, 5.41) is 0. The maximum Gasteiger partial charge on any atom is 0.238 e. The first-order valence-electron chi connectivity index (χ1n) is 5.13. The number of ether oxygens (including phenoxy) is 1. The molecule has 0 aliphatic carbocycles. The molecular formula is C12H10N2O2. The van der Waals surface area contributed by atoms with Crippen molar-refractivity contribution < 1.29 is 9.53 Å². The summed E-state index contributed by atoms with van der Waals surface area (Å²) in [4.78, 5) is 18.7. The molecule has 0 amide bonds. The van der Waals surface area contributed by atoms with Gasteiger partial charge in [-0.25, -0.2) is 4.98 Å². The number of nitrogens with zero attached hydrogens (tertiary/aromatic N) is 1. The van der Waals surface area contributed by atoms with Gasteiger partial charge in [0.2, 0.25) is 5.78 Å². The smallest absolute Gasteiger partial charge is 0.238 e. The molecule has 2 aromatic rings. The van der Waals surface area contributed by atoms with Crippen molar-refractivity contribution in [3.8, 4) is 5.75 Å². The zero-order chi connectivity index (χ0) is 11.0. The summed E-state index contributed by atoms with van der Waals surface area (Å²) in [6.45, 7) is 0. The van der Waals surface area contributed by atoms with Gasteiger partial charge in [0, 0.05) is 18.8 Å². The number of carbonyl (C=O) groups is 1. The fraction of sp³-hybridized carbons (Fsp3) is 0.167. The number of hydrogen-bond acceptors (Lipinski definition) is 3. The van der Waals surface area contributed by atoms with Gasteiger partial charge in [-0.3, -0.25) is 4.79 Å². The Labute approximate surface area is 92.3 Å². The Bertz CT molecular complexity index is 495. The second kappa shape index (κ2) is 3.48. The number of H-pyrrole nitrogens is 1. The van der Waals surface area contributed by atoms with Gasteiger partial charge < -0.3 is 9.72 Å². The molecule has 1 aliphatic rings. The molecule has 0 spiro atoms. The van der Waals surface area contributed by atoms with Gasteiger partial charge in [0.1, 0.15) is 5.75 Å². The summed E-state index contributed by atoms with van der Waals surface area (Å²) in [7, 11) is 0. The van der Waals surface area contributed by atoms with Crippen molar-refractivity contribution in [1.82, 2.24) is 9.97 Å². The lowest BCUT2D eigenvalue weighted by molar-refractivity contribution is 0.0814. The van der Waals surface area contributed by atoms with Gasteiger partial charge in [-0.1, -0.05) is 18.2 Å². The van der Waals surface area contributed by atoms with E-state index >= 15 is 0 Å². The second-order valence-electron chi connectivity index (χ2n) is 3.72. The quantitative estimate of drug-likeness (QED) is 0.772. The molecule has 0 saturated carbocycles. The van der Waals surface area contributed by atoms with E-state index in [-0.39, 0.29) is 5.78 Å². The molecule has 4 nitrogen and oxygen atoms in total. The van der Waals surface area contributed by atoms with Crippen molar-refractivity contribution in [2.24, 2.45) is 0 Å². The maximum atomic E-state index is 12.0. The van der Waals surface area contributed by atoms with E-state index in [1.54, 1.807) is 12.4 Å². The minimum atomic E-state index is -0.441. The Kier molecular flexibility index (Phi) is 1.99. The van der Waals surface area contributed by atoms with Gasteiger partial charge in [0.15, 0.2) is 11.9 Å². The lowest BCUT2D eigenvalue weighted by Crippen LogP contribution is -2.26. The predicted octanol–water partition coefficient (Wildman–Crippen LogP) is 1.60. The topological polar surface area (TPSA) is 55.0 Å². The summed E-state index contributed by atoms with van der Waals surface area (Å²) in [5.41, 5.74) is 1.08. The molecule has 0 bridgehead atoms. The number of benzene rings is 1. The molecule has 0 unspecified atom stereocenters. The summed E-state index contributed by atoms with van der Waals surface area (Å²) in [6.07, 6.45) is 3.38. The number of nitrogens with one attached hydrogen (secondary N) is 1. The Hall–Kier alpha value is -2.10. The van der Waals surface area contributed by atoms with Crippen molar-refractivity contribution in [3.63, 3.8) is 0 Å². The number of fused-ring (bicyclic) bond motifs is 1. The molecule has 1 atom stereocenters. The number of carbonyl (C=O) groups excluding carboxylic acids is 1. The highest BCUT2D eigenvalue weighted by molar-refractivity contribution is 5.97. The third-order valence-electron chi connectivity index (χ3n) is 2.67. The summed E-state index contributed by atoms with van der Waals surface area (Å²) in [5.74, 6) is 1.06.